The molecule has 2 atom stereocenters. The van der Waals surface area contributed by atoms with Gasteiger partial charge in [-0.3, -0.25) is 14.9 Å². The summed E-state index contributed by atoms with van der Waals surface area (Å²) in [6.45, 7) is 8.58. The Hall–Kier alpha value is -4.52. The molecule has 2 aliphatic rings. The topological polar surface area (TPSA) is 139 Å². The lowest BCUT2D eigenvalue weighted by Crippen LogP contribution is -2.35. The quantitative estimate of drug-likeness (QED) is 0.107. The van der Waals surface area contributed by atoms with Gasteiger partial charge in [-0.25, -0.2) is 4.79 Å². The van der Waals surface area contributed by atoms with Crippen LogP contribution in [0.5, 0.6) is 5.75 Å². The van der Waals surface area contributed by atoms with Crippen LogP contribution in [0.2, 0.25) is 0 Å². The number of cyclic esters (lactones) is 1. The van der Waals surface area contributed by atoms with Crippen molar-refractivity contribution in [1.82, 2.24) is 4.90 Å². The average Bonchev–Trinajstić information content (AvgIpc) is 3.42. The molecule has 2 heterocycles. The van der Waals surface area contributed by atoms with Gasteiger partial charge in [-0.2, -0.15) is 0 Å². The van der Waals surface area contributed by atoms with Crippen molar-refractivity contribution < 1.29 is 38.2 Å². The number of carbonyl (C=O) groups excluding carboxylic acids is 2. The number of non-ortho nitro benzene ring substituents is 1. The number of rotatable bonds is 15. The third kappa shape index (κ3) is 9.50. The highest BCUT2D eigenvalue weighted by Gasteiger charge is 2.33. The van der Waals surface area contributed by atoms with Crippen LogP contribution < -0.4 is 10.1 Å². The van der Waals surface area contributed by atoms with E-state index in [2.05, 4.69) is 5.32 Å². The van der Waals surface area contributed by atoms with Crippen LogP contribution in [-0.4, -0.2) is 60.0 Å². The summed E-state index contributed by atoms with van der Waals surface area (Å²) < 4.78 is 28.9. The second-order valence-corrected chi connectivity index (χ2v) is 12.2. The zero-order chi connectivity index (χ0) is 33.4. The number of nitrogens with zero attached hydrogens (tertiary/aromatic N) is 2. The summed E-state index contributed by atoms with van der Waals surface area (Å²) in [6.07, 6.45) is 2.06. The Balaban J connectivity index is 0.948. The summed E-state index contributed by atoms with van der Waals surface area (Å²) in [5.74, 6) is -0.288. The summed E-state index contributed by atoms with van der Waals surface area (Å²) in [5, 5.41) is 13.8. The first-order valence-electron chi connectivity index (χ1n) is 15.8. The summed E-state index contributed by atoms with van der Waals surface area (Å²) in [6, 6.07) is 18.7. The van der Waals surface area contributed by atoms with E-state index < -0.39 is 16.6 Å². The summed E-state index contributed by atoms with van der Waals surface area (Å²) in [4.78, 5) is 37.3. The van der Waals surface area contributed by atoms with E-state index in [0.29, 0.717) is 45.2 Å². The average molecular weight is 648 g/mol. The van der Waals surface area contributed by atoms with Gasteiger partial charge in [-0.1, -0.05) is 24.3 Å². The Bertz CT molecular complexity index is 1580. The Morgan fingerprint density at radius 2 is 1.94 bits per heavy atom. The van der Waals surface area contributed by atoms with Gasteiger partial charge in [0.15, 0.2) is 0 Å². The van der Waals surface area contributed by atoms with E-state index in [9.17, 15) is 19.7 Å². The van der Waals surface area contributed by atoms with Crippen LogP contribution in [0.3, 0.4) is 0 Å². The second kappa shape index (κ2) is 15.4. The largest absolute Gasteiger partial charge is 0.463 e. The number of anilines is 1. The molecule has 47 heavy (non-hydrogen) atoms. The standard InChI is InChI=1S/C35H41N3O9/c1-24(8-4-5-15-37-21-32(46-34(37)40)26-13-14-31-28(19-26)23-45-35(2,3)47-31)44-17-16-43-22-25-9-6-11-29(18-25)36-33(39)27-10-7-12-30(20-27)38(41)42/h6-7,9-14,18-20,24,32H,4-5,8,15-17,21-23H2,1-3H3,(H,36,39). The number of amides is 2. The summed E-state index contributed by atoms with van der Waals surface area (Å²) in [7, 11) is 0. The fraction of sp³-hybridized carbons (Fsp3) is 0.429. The lowest BCUT2D eigenvalue weighted by Gasteiger charge is -2.32. The molecule has 3 aromatic rings. The number of unbranched alkanes of at least 4 members (excludes halogenated alkanes) is 1. The van der Waals surface area contributed by atoms with Crippen molar-refractivity contribution in [3.8, 4) is 5.75 Å². The first kappa shape index (κ1) is 33.8. The summed E-state index contributed by atoms with van der Waals surface area (Å²) >= 11 is 0. The fourth-order valence-electron chi connectivity index (χ4n) is 5.44. The van der Waals surface area contributed by atoms with Crippen LogP contribution in [0.4, 0.5) is 16.2 Å². The van der Waals surface area contributed by atoms with Gasteiger partial charge in [-0.05, 0) is 67.6 Å². The van der Waals surface area contributed by atoms with Gasteiger partial charge in [0.2, 0.25) is 5.79 Å². The molecule has 0 radical (unpaired) electrons. The molecule has 12 heteroatoms. The lowest BCUT2D eigenvalue weighted by molar-refractivity contribution is -0.384. The molecule has 2 unspecified atom stereocenters. The van der Waals surface area contributed by atoms with Gasteiger partial charge < -0.3 is 33.9 Å². The molecule has 2 amide bonds. The van der Waals surface area contributed by atoms with Gasteiger partial charge >= 0.3 is 6.09 Å². The van der Waals surface area contributed by atoms with Crippen molar-refractivity contribution in [2.24, 2.45) is 0 Å². The monoisotopic (exact) mass is 647 g/mol. The van der Waals surface area contributed by atoms with E-state index >= 15 is 0 Å². The SMILES string of the molecule is CC(CCCCN1CC(c2ccc3c(c2)COC(C)(C)O3)OC1=O)OCCOCc1cccc(NC(=O)c2cccc([N+](=O)[O-])c2)c1. The Morgan fingerprint density at radius 1 is 1.11 bits per heavy atom. The third-order valence-corrected chi connectivity index (χ3v) is 7.97. The minimum atomic E-state index is -0.653. The zero-order valence-electron chi connectivity index (χ0n) is 26.9. The van der Waals surface area contributed by atoms with Crippen molar-refractivity contribution in [1.29, 1.82) is 0 Å². The zero-order valence-corrected chi connectivity index (χ0v) is 26.9. The van der Waals surface area contributed by atoms with E-state index in [1.807, 2.05) is 51.1 Å². The number of ether oxygens (including phenoxy) is 5. The second-order valence-electron chi connectivity index (χ2n) is 12.2. The van der Waals surface area contributed by atoms with Gasteiger partial charge in [0, 0.05) is 49.3 Å². The predicted molar refractivity (Wildman–Crippen MR) is 173 cm³/mol. The molecule has 250 valence electrons. The van der Waals surface area contributed by atoms with Gasteiger partial charge in [0.1, 0.15) is 11.9 Å². The normalized spacial score (nSPS) is 17.4. The highest BCUT2D eigenvalue weighted by molar-refractivity contribution is 6.04. The van der Waals surface area contributed by atoms with Gasteiger partial charge in [0.05, 0.1) is 44.0 Å². The third-order valence-electron chi connectivity index (χ3n) is 7.97. The molecule has 1 fully saturated rings. The number of hydrogen-bond donors (Lipinski definition) is 1. The molecule has 5 rings (SSSR count). The minimum Gasteiger partial charge on any atom is -0.463 e. The molecule has 1 saturated heterocycles. The molecule has 12 nitrogen and oxygen atoms in total. The van der Waals surface area contributed by atoms with Crippen molar-refractivity contribution in [2.75, 3.05) is 31.6 Å². The van der Waals surface area contributed by atoms with Crippen LogP contribution >= 0.6 is 0 Å². The number of nitro groups is 1. The number of carbonyl (C=O) groups is 2. The molecular formula is C35H41N3O9. The van der Waals surface area contributed by atoms with Crippen LogP contribution in [0.1, 0.15) is 73.2 Å². The number of nitro benzene ring substituents is 1. The van der Waals surface area contributed by atoms with Crippen molar-refractivity contribution in [3.05, 3.63) is 99.1 Å². The molecule has 1 N–H and O–H groups in total. The molecule has 0 bridgehead atoms. The van der Waals surface area contributed by atoms with Crippen LogP contribution in [0.15, 0.2) is 66.7 Å². The number of hydrogen-bond acceptors (Lipinski definition) is 9. The number of nitrogens with one attached hydrogen (secondary N) is 1. The molecule has 0 saturated carbocycles. The van der Waals surface area contributed by atoms with E-state index in [1.54, 1.807) is 17.0 Å². The maximum absolute atomic E-state index is 12.5. The molecule has 3 aromatic carbocycles. The van der Waals surface area contributed by atoms with Gasteiger partial charge in [0.25, 0.3) is 11.6 Å². The molecule has 0 aromatic heterocycles. The highest BCUT2D eigenvalue weighted by Crippen LogP contribution is 2.35. The Morgan fingerprint density at radius 3 is 2.77 bits per heavy atom. The van der Waals surface area contributed by atoms with Crippen LogP contribution in [0, 0.1) is 10.1 Å². The van der Waals surface area contributed by atoms with Crippen molar-refractivity contribution in [2.45, 2.75) is 71.2 Å². The lowest BCUT2D eigenvalue weighted by atomic mass is 10.0. The maximum Gasteiger partial charge on any atom is 0.410 e. The van der Waals surface area contributed by atoms with Crippen molar-refractivity contribution in [3.63, 3.8) is 0 Å². The van der Waals surface area contributed by atoms with E-state index in [4.69, 9.17) is 23.7 Å². The van der Waals surface area contributed by atoms with Crippen molar-refractivity contribution >= 4 is 23.4 Å². The minimum absolute atomic E-state index is 0.0501. The van der Waals surface area contributed by atoms with E-state index in [-0.39, 0.29) is 29.6 Å². The van der Waals surface area contributed by atoms with Crippen LogP contribution in [0.25, 0.3) is 0 Å². The maximum atomic E-state index is 12.5. The highest BCUT2D eigenvalue weighted by atomic mass is 16.7. The molecule has 0 spiro atoms. The number of fused-ring (bicyclic) bond motifs is 1. The Labute approximate surface area is 274 Å². The van der Waals surface area contributed by atoms with E-state index in [1.165, 1.54) is 24.3 Å². The predicted octanol–water partition coefficient (Wildman–Crippen LogP) is 6.78. The molecule has 0 aliphatic carbocycles. The molecular weight excluding hydrogens is 606 g/mol. The summed E-state index contributed by atoms with van der Waals surface area (Å²) in [5.41, 5.74) is 3.39. The molecule has 2 aliphatic heterocycles. The number of benzene rings is 3. The van der Waals surface area contributed by atoms with E-state index in [0.717, 1.165) is 41.7 Å². The first-order chi connectivity index (χ1) is 22.6. The van der Waals surface area contributed by atoms with Gasteiger partial charge in [-0.15, -0.1) is 0 Å². The van der Waals surface area contributed by atoms with Crippen LogP contribution in [-0.2, 0) is 32.2 Å². The smallest absolute Gasteiger partial charge is 0.410 e. The first-order valence-corrected chi connectivity index (χ1v) is 15.8. The fourth-order valence-corrected chi connectivity index (χ4v) is 5.44. The Kier molecular flexibility index (Phi) is 11.1.